The molecule has 0 saturated carbocycles. The number of rotatable bonds is 10. The number of nitrogens with one attached hydrogen (secondary N) is 2. The lowest BCUT2D eigenvalue weighted by atomic mass is 10.1. The van der Waals surface area contributed by atoms with Gasteiger partial charge in [-0.1, -0.05) is 0 Å². The highest BCUT2D eigenvalue weighted by molar-refractivity contribution is 5.84. The van der Waals surface area contributed by atoms with E-state index >= 15 is 0 Å². The third-order valence-electron chi connectivity index (χ3n) is 7.47. The first-order chi connectivity index (χ1) is 20.7. The number of aromatic nitrogens is 8. The van der Waals surface area contributed by atoms with Gasteiger partial charge in [0, 0.05) is 13.1 Å². The van der Waals surface area contributed by atoms with Gasteiger partial charge in [0.2, 0.25) is 11.9 Å². The molecule has 8 atom stereocenters. The zero-order chi connectivity index (χ0) is 30.4. The fourth-order valence-electron chi connectivity index (χ4n) is 5.26. The average Bonchev–Trinajstić information content (AvgIpc) is 3.71. The molecule has 2 aliphatic heterocycles. The summed E-state index contributed by atoms with van der Waals surface area (Å²) in [4.78, 5) is 25.3. The topological polar surface area (TPSA) is 303 Å². The molecule has 43 heavy (non-hydrogen) atoms. The Balaban J connectivity index is 1.19. The first kappa shape index (κ1) is 29.1. The molecule has 0 aromatic carbocycles. The van der Waals surface area contributed by atoms with Crippen molar-refractivity contribution < 1.29 is 40.1 Å². The molecular formula is C23H32N12O8. The molecule has 0 bridgehead atoms. The molecule has 20 nitrogen and oxygen atoms in total. The van der Waals surface area contributed by atoms with Crippen LogP contribution in [0.4, 0.5) is 23.5 Å². The van der Waals surface area contributed by atoms with Crippen LogP contribution in [0.1, 0.15) is 18.9 Å². The Morgan fingerprint density at radius 2 is 1.09 bits per heavy atom. The quantitative estimate of drug-likeness (QED) is 0.0777. The van der Waals surface area contributed by atoms with Crippen molar-refractivity contribution in [1.82, 2.24) is 39.0 Å². The van der Waals surface area contributed by atoms with Crippen LogP contribution in [-0.2, 0) is 9.47 Å². The van der Waals surface area contributed by atoms with Crippen LogP contribution < -0.4 is 22.1 Å². The fraction of sp³-hybridized carbons (Fsp3) is 0.565. The number of anilines is 4. The monoisotopic (exact) mass is 604 g/mol. The minimum absolute atomic E-state index is 0.103. The van der Waals surface area contributed by atoms with E-state index in [0.29, 0.717) is 19.5 Å². The first-order valence-corrected chi connectivity index (χ1v) is 13.4. The number of nitrogens with two attached hydrogens (primary N) is 2. The van der Waals surface area contributed by atoms with Gasteiger partial charge in [0.1, 0.15) is 49.3 Å². The minimum atomic E-state index is -1.38. The van der Waals surface area contributed by atoms with E-state index in [-0.39, 0.29) is 45.9 Å². The van der Waals surface area contributed by atoms with Gasteiger partial charge >= 0.3 is 0 Å². The number of nitrogen functional groups attached to an aromatic ring is 2. The largest absolute Gasteiger partial charge is 0.394 e. The Hall–Kier alpha value is -4.02. The molecule has 2 saturated heterocycles. The predicted octanol–water partition coefficient (Wildman–Crippen LogP) is -3.73. The minimum Gasteiger partial charge on any atom is -0.394 e. The Morgan fingerprint density at radius 3 is 1.47 bits per heavy atom. The molecule has 2 fully saturated rings. The highest BCUT2D eigenvalue weighted by Gasteiger charge is 2.46. The maximum Gasteiger partial charge on any atom is 0.207 e. The van der Waals surface area contributed by atoms with Crippen molar-refractivity contribution in [3.05, 3.63) is 12.7 Å². The Bertz CT molecular complexity index is 1490. The predicted molar refractivity (Wildman–Crippen MR) is 147 cm³/mol. The van der Waals surface area contributed by atoms with Gasteiger partial charge in [-0.15, -0.1) is 0 Å². The van der Waals surface area contributed by atoms with E-state index in [1.165, 1.54) is 21.8 Å². The fourth-order valence-corrected chi connectivity index (χ4v) is 5.26. The van der Waals surface area contributed by atoms with Crippen LogP contribution >= 0.6 is 0 Å². The van der Waals surface area contributed by atoms with Crippen molar-refractivity contribution in [3.63, 3.8) is 0 Å². The molecule has 0 unspecified atom stereocenters. The molecular weight excluding hydrogens is 572 g/mol. The van der Waals surface area contributed by atoms with Crippen LogP contribution in [0.25, 0.3) is 22.3 Å². The zero-order valence-corrected chi connectivity index (χ0v) is 22.5. The van der Waals surface area contributed by atoms with Gasteiger partial charge in [0.15, 0.2) is 46.4 Å². The molecule has 2 aliphatic rings. The molecule has 4 aromatic rings. The number of ether oxygens (including phenoxy) is 2. The Morgan fingerprint density at radius 1 is 0.674 bits per heavy atom. The summed E-state index contributed by atoms with van der Waals surface area (Å²) >= 11 is 0. The van der Waals surface area contributed by atoms with E-state index in [1.807, 2.05) is 0 Å². The van der Waals surface area contributed by atoms with E-state index < -0.39 is 62.3 Å². The van der Waals surface area contributed by atoms with Gasteiger partial charge in [0.05, 0.1) is 13.2 Å². The molecule has 6 heterocycles. The van der Waals surface area contributed by atoms with Gasteiger partial charge < -0.3 is 62.2 Å². The normalized spacial score (nSPS) is 29.2. The lowest BCUT2D eigenvalue weighted by Crippen LogP contribution is -2.33. The van der Waals surface area contributed by atoms with Crippen molar-refractivity contribution in [2.24, 2.45) is 0 Å². The molecule has 6 rings (SSSR count). The van der Waals surface area contributed by atoms with Crippen molar-refractivity contribution >= 4 is 45.9 Å². The summed E-state index contributed by atoms with van der Waals surface area (Å²) in [5.74, 6) is 0.676. The van der Waals surface area contributed by atoms with Crippen LogP contribution in [0.3, 0.4) is 0 Å². The number of fused-ring (bicyclic) bond motifs is 2. The van der Waals surface area contributed by atoms with E-state index in [2.05, 4.69) is 40.5 Å². The van der Waals surface area contributed by atoms with Gasteiger partial charge in [-0.2, -0.15) is 0 Å². The lowest BCUT2D eigenvalue weighted by molar-refractivity contribution is -0.0501. The first-order valence-electron chi connectivity index (χ1n) is 13.4. The summed E-state index contributed by atoms with van der Waals surface area (Å²) in [6, 6.07) is 0. The van der Waals surface area contributed by atoms with Gasteiger partial charge in [-0.05, 0) is 6.42 Å². The van der Waals surface area contributed by atoms with Crippen molar-refractivity contribution in [3.8, 4) is 0 Å². The van der Waals surface area contributed by atoms with Crippen molar-refractivity contribution in [2.75, 3.05) is 48.4 Å². The number of hydrogen-bond donors (Lipinski definition) is 10. The number of hydrogen-bond acceptors (Lipinski definition) is 18. The third kappa shape index (κ3) is 4.92. The second kappa shape index (κ2) is 11.6. The standard InChI is InChI=1S/C23H32N12O8/c24-16-10-18(30-6-28-16)34(20-14(40)12(38)8(4-36)42-20)22(32-10)26-2-1-3-27-23-33-11-17(25)29-7-31-19(11)35(23)21-15(41)13(39)9(5-37)43-21/h6-9,12-15,20-21,36-41H,1-5H2,(H,26,32)(H,27,33)(H2,24,28,30)(H2,25,29,31)/t8-,9-,12+,13+,14-,15+,20+,21+/m0/s1. The third-order valence-corrected chi connectivity index (χ3v) is 7.47. The number of nitrogens with zero attached hydrogens (tertiary/aromatic N) is 8. The summed E-state index contributed by atoms with van der Waals surface area (Å²) < 4.78 is 14.3. The van der Waals surface area contributed by atoms with Crippen LogP contribution in [-0.4, -0.2) is 133 Å². The summed E-state index contributed by atoms with van der Waals surface area (Å²) in [7, 11) is 0. The second-order valence-corrected chi connectivity index (χ2v) is 10.1. The maximum absolute atomic E-state index is 10.6. The van der Waals surface area contributed by atoms with Gasteiger partial charge in [-0.25, -0.2) is 29.9 Å². The van der Waals surface area contributed by atoms with E-state index in [1.54, 1.807) is 0 Å². The summed E-state index contributed by atoms with van der Waals surface area (Å²) in [6.07, 6.45) is -6.74. The zero-order valence-electron chi connectivity index (χ0n) is 22.5. The van der Waals surface area contributed by atoms with Gasteiger partial charge in [-0.3, -0.25) is 9.13 Å². The van der Waals surface area contributed by atoms with Gasteiger partial charge in [0.25, 0.3) is 0 Å². The molecule has 0 spiro atoms. The van der Waals surface area contributed by atoms with E-state index in [4.69, 9.17) is 20.9 Å². The number of aliphatic hydroxyl groups excluding tert-OH is 6. The number of aliphatic hydroxyl groups is 6. The lowest BCUT2D eigenvalue weighted by Gasteiger charge is -2.20. The van der Waals surface area contributed by atoms with Crippen molar-refractivity contribution in [1.29, 1.82) is 0 Å². The molecule has 4 aromatic heterocycles. The SMILES string of the molecule is Nc1ncnc2c1nc(NCCCNc1nc3c(N)ncnc3n1[C@@H]1O[C@@H](CO)[C@@H](O)[C@@H]1O)n2[C@@H]1O[C@@H](CO)[C@@H](O)[C@H]1O. The molecule has 12 N–H and O–H groups in total. The van der Waals surface area contributed by atoms with Crippen LogP contribution in [0.5, 0.6) is 0 Å². The van der Waals surface area contributed by atoms with Crippen molar-refractivity contribution in [2.45, 2.75) is 55.5 Å². The maximum atomic E-state index is 10.6. The van der Waals surface area contributed by atoms with Crippen LogP contribution in [0, 0.1) is 0 Å². The number of imidazole rings is 2. The molecule has 232 valence electrons. The highest BCUT2D eigenvalue weighted by Crippen LogP contribution is 2.36. The Labute approximate surface area is 242 Å². The van der Waals surface area contributed by atoms with Crippen LogP contribution in [0.2, 0.25) is 0 Å². The summed E-state index contributed by atoms with van der Waals surface area (Å²) in [6.45, 7) is -0.349. The summed E-state index contributed by atoms with van der Waals surface area (Å²) in [5.41, 5.74) is 13.0. The second-order valence-electron chi connectivity index (χ2n) is 10.1. The molecule has 0 radical (unpaired) electrons. The van der Waals surface area contributed by atoms with E-state index in [9.17, 15) is 30.6 Å². The summed E-state index contributed by atoms with van der Waals surface area (Å²) in [5, 5.41) is 67.3. The molecule has 20 heteroatoms. The molecule has 0 aliphatic carbocycles. The smallest absolute Gasteiger partial charge is 0.207 e. The Kier molecular flexibility index (Phi) is 7.83. The average molecular weight is 605 g/mol. The molecule has 0 amide bonds. The highest BCUT2D eigenvalue weighted by atomic mass is 16.6. The van der Waals surface area contributed by atoms with Crippen LogP contribution in [0.15, 0.2) is 12.7 Å². The van der Waals surface area contributed by atoms with E-state index in [0.717, 1.165) is 0 Å².